The molecule has 0 bridgehead atoms. The van der Waals surface area contributed by atoms with E-state index in [2.05, 4.69) is 10.3 Å². The topological polar surface area (TPSA) is 88.6 Å². The Bertz CT molecular complexity index is 1040. The van der Waals surface area contributed by atoms with Crippen molar-refractivity contribution in [1.82, 2.24) is 9.29 Å². The minimum atomic E-state index is -3.53. The van der Waals surface area contributed by atoms with Crippen LogP contribution in [0.2, 0.25) is 5.02 Å². The van der Waals surface area contributed by atoms with Gasteiger partial charge in [-0.2, -0.15) is 4.31 Å². The van der Waals surface area contributed by atoms with Crippen LogP contribution < -0.4 is 5.32 Å². The van der Waals surface area contributed by atoms with E-state index in [-0.39, 0.29) is 6.04 Å². The maximum absolute atomic E-state index is 12.8. The van der Waals surface area contributed by atoms with Crippen LogP contribution in [0.15, 0.2) is 47.5 Å². The van der Waals surface area contributed by atoms with E-state index in [1.807, 2.05) is 6.92 Å². The van der Waals surface area contributed by atoms with Gasteiger partial charge in [0.15, 0.2) is 0 Å². The molecule has 0 saturated carbocycles. The van der Waals surface area contributed by atoms with E-state index in [0.29, 0.717) is 47.4 Å². The number of pyridine rings is 1. The average Bonchev–Trinajstić information content (AvgIpc) is 3.18. The van der Waals surface area contributed by atoms with E-state index < -0.39 is 16.0 Å². The smallest absolute Gasteiger partial charge is 0.330 e. The zero-order chi connectivity index (χ0) is 21.7. The molecule has 1 saturated heterocycles. The third-order valence-electron chi connectivity index (χ3n) is 4.71. The molecule has 30 heavy (non-hydrogen) atoms. The summed E-state index contributed by atoms with van der Waals surface area (Å²) < 4.78 is 32.0. The zero-order valence-electron chi connectivity index (χ0n) is 16.8. The van der Waals surface area contributed by atoms with Gasteiger partial charge in [-0.1, -0.05) is 29.3 Å². The van der Waals surface area contributed by atoms with Gasteiger partial charge < -0.3 is 10.1 Å². The van der Waals surface area contributed by atoms with Gasteiger partial charge >= 0.3 is 5.97 Å². The molecule has 1 aliphatic rings. The van der Waals surface area contributed by atoms with E-state index in [1.54, 1.807) is 49.5 Å². The van der Waals surface area contributed by atoms with Crippen molar-refractivity contribution in [3.8, 4) is 0 Å². The summed E-state index contributed by atoms with van der Waals surface area (Å²) in [5.41, 5.74) is 1.67. The van der Waals surface area contributed by atoms with E-state index in [4.69, 9.17) is 16.3 Å². The summed E-state index contributed by atoms with van der Waals surface area (Å²) in [6.07, 6.45) is 5.12. The summed E-state index contributed by atoms with van der Waals surface area (Å²) in [6, 6.07) is 8.43. The second-order valence-electron chi connectivity index (χ2n) is 6.99. The lowest BCUT2D eigenvalue weighted by atomic mass is 10.2. The number of halogens is 1. The Labute approximate surface area is 181 Å². The molecule has 0 amide bonds. The molecule has 7 nitrogen and oxygen atoms in total. The summed E-state index contributed by atoms with van der Waals surface area (Å²) in [5, 5.41) is 3.61. The molecule has 160 valence electrons. The van der Waals surface area contributed by atoms with Gasteiger partial charge in [0.05, 0.1) is 16.5 Å². The predicted octanol–water partition coefficient (Wildman–Crippen LogP) is 3.49. The summed E-state index contributed by atoms with van der Waals surface area (Å²) in [4.78, 5) is 16.0. The lowest BCUT2D eigenvalue weighted by molar-refractivity contribution is -0.137. The molecule has 3 rings (SSSR count). The predicted molar refractivity (Wildman–Crippen MR) is 117 cm³/mol. The van der Waals surface area contributed by atoms with Crippen LogP contribution >= 0.6 is 11.6 Å². The first-order valence-corrected chi connectivity index (χ1v) is 11.4. The highest BCUT2D eigenvalue weighted by Crippen LogP contribution is 2.26. The number of rotatable bonds is 7. The Morgan fingerprint density at radius 1 is 1.37 bits per heavy atom. The number of esters is 1. The number of anilines is 1. The standard InChI is InChI=1S/C21H24ClN3O4S/c1-3-29-20(26)9-6-16-12-19(22)21(23-13-16)24-17-10-11-25(14-17)30(27,28)18-7-4-15(2)5-8-18/h4-9,12-13,17H,3,10-11,14H2,1-2H3,(H,23,24)/t17-/m1/s1. The number of carbonyl (C=O) groups excluding carboxylic acids is 1. The molecule has 1 aromatic carbocycles. The zero-order valence-corrected chi connectivity index (χ0v) is 18.4. The van der Waals surface area contributed by atoms with Crippen molar-refractivity contribution in [2.45, 2.75) is 31.2 Å². The van der Waals surface area contributed by atoms with Crippen molar-refractivity contribution in [2.24, 2.45) is 0 Å². The summed E-state index contributed by atoms with van der Waals surface area (Å²) >= 11 is 6.31. The van der Waals surface area contributed by atoms with Crippen LogP contribution in [0.1, 0.15) is 24.5 Å². The van der Waals surface area contributed by atoms with Crippen molar-refractivity contribution < 1.29 is 17.9 Å². The van der Waals surface area contributed by atoms with Gasteiger partial charge in [0.2, 0.25) is 10.0 Å². The van der Waals surface area contributed by atoms with Crippen LogP contribution in [0.3, 0.4) is 0 Å². The number of hydrogen-bond acceptors (Lipinski definition) is 6. The van der Waals surface area contributed by atoms with Crippen LogP contribution in [0, 0.1) is 6.92 Å². The first kappa shape index (κ1) is 22.3. The van der Waals surface area contributed by atoms with E-state index in [0.717, 1.165) is 5.56 Å². The van der Waals surface area contributed by atoms with Crippen LogP contribution in [0.5, 0.6) is 0 Å². The second-order valence-corrected chi connectivity index (χ2v) is 9.34. The fourth-order valence-corrected chi connectivity index (χ4v) is 4.85. The molecule has 1 aromatic heterocycles. The Morgan fingerprint density at radius 3 is 2.77 bits per heavy atom. The normalized spacial score (nSPS) is 17.4. The summed E-state index contributed by atoms with van der Waals surface area (Å²) in [5.74, 6) is 0.0428. The molecule has 1 fully saturated rings. The highest BCUT2D eigenvalue weighted by Gasteiger charge is 2.32. The Kier molecular flexibility index (Phi) is 7.12. The SMILES string of the molecule is CCOC(=O)C=Cc1cnc(N[C@@H]2CCN(S(=O)(=O)c3ccc(C)cc3)C2)c(Cl)c1. The largest absolute Gasteiger partial charge is 0.463 e. The number of nitrogens with zero attached hydrogens (tertiary/aromatic N) is 2. The molecule has 9 heteroatoms. The van der Waals surface area contributed by atoms with Crippen molar-refractivity contribution in [3.63, 3.8) is 0 Å². The first-order chi connectivity index (χ1) is 14.3. The van der Waals surface area contributed by atoms with E-state index in [1.165, 1.54) is 10.4 Å². The molecule has 1 N–H and O–H groups in total. The number of sulfonamides is 1. The quantitative estimate of drug-likeness (QED) is 0.514. The highest BCUT2D eigenvalue weighted by atomic mass is 35.5. The van der Waals surface area contributed by atoms with Crippen LogP contribution in [-0.2, 0) is 19.6 Å². The van der Waals surface area contributed by atoms with Crippen molar-refractivity contribution in [2.75, 3.05) is 25.0 Å². The minimum absolute atomic E-state index is 0.101. The number of aromatic nitrogens is 1. The maximum atomic E-state index is 12.8. The third-order valence-corrected chi connectivity index (χ3v) is 6.88. The van der Waals surface area contributed by atoms with Crippen LogP contribution in [-0.4, -0.2) is 49.4 Å². The van der Waals surface area contributed by atoms with Gasteiger partial charge in [0, 0.05) is 31.4 Å². The van der Waals surface area contributed by atoms with Crippen molar-refractivity contribution in [3.05, 3.63) is 58.8 Å². The Balaban J connectivity index is 1.64. The molecule has 0 spiro atoms. The molecule has 1 aliphatic heterocycles. The van der Waals surface area contributed by atoms with Gasteiger partial charge in [0.1, 0.15) is 5.82 Å². The van der Waals surface area contributed by atoms with Crippen LogP contribution in [0.4, 0.5) is 5.82 Å². The van der Waals surface area contributed by atoms with Gasteiger partial charge in [-0.15, -0.1) is 0 Å². The Morgan fingerprint density at radius 2 is 2.10 bits per heavy atom. The monoisotopic (exact) mass is 449 g/mol. The first-order valence-electron chi connectivity index (χ1n) is 9.63. The number of benzene rings is 1. The molecule has 0 unspecified atom stereocenters. The van der Waals surface area contributed by atoms with Crippen molar-refractivity contribution >= 4 is 39.5 Å². The lowest BCUT2D eigenvalue weighted by Crippen LogP contribution is -2.31. The van der Waals surface area contributed by atoms with Crippen molar-refractivity contribution in [1.29, 1.82) is 0 Å². The Hall–Kier alpha value is -2.42. The fourth-order valence-electron chi connectivity index (χ4n) is 3.12. The van der Waals surface area contributed by atoms with Crippen LogP contribution in [0.25, 0.3) is 6.08 Å². The summed E-state index contributed by atoms with van der Waals surface area (Å²) in [7, 11) is -3.53. The number of nitrogens with one attached hydrogen (secondary N) is 1. The average molecular weight is 450 g/mol. The molecule has 2 aromatic rings. The van der Waals surface area contributed by atoms with Gasteiger partial charge in [0.25, 0.3) is 0 Å². The fraction of sp³-hybridized carbons (Fsp3) is 0.333. The minimum Gasteiger partial charge on any atom is -0.463 e. The molecular formula is C21H24ClN3O4S. The maximum Gasteiger partial charge on any atom is 0.330 e. The highest BCUT2D eigenvalue weighted by molar-refractivity contribution is 7.89. The number of ether oxygens (including phenoxy) is 1. The third kappa shape index (κ3) is 5.38. The second kappa shape index (κ2) is 9.59. The van der Waals surface area contributed by atoms with Gasteiger partial charge in [-0.3, -0.25) is 0 Å². The van der Waals surface area contributed by atoms with Gasteiger partial charge in [-0.25, -0.2) is 18.2 Å². The number of hydrogen-bond donors (Lipinski definition) is 1. The molecule has 2 heterocycles. The summed E-state index contributed by atoms with van der Waals surface area (Å²) in [6.45, 7) is 4.72. The van der Waals surface area contributed by atoms with Gasteiger partial charge in [-0.05, 0) is 50.1 Å². The molecule has 0 radical (unpaired) electrons. The van der Waals surface area contributed by atoms with E-state index in [9.17, 15) is 13.2 Å². The number of carbonyl (C=O) groups is 1. The van der Waals surface area contributed by atoms with E-state index >= 15 is 0 Å². The molecule has 0 aliphatic carbocycles. The lowest BCUT2D eigenvalue weighted by Gasteiger charge is -2.18. The molecule has 1 atom stereocenters. The number of aryl methyl sites for hydroxylation is 1. The molecular weight excluding hydrogens is 426 g/mol.